The predicted octanol–water partition coefficient (Wildman–Crippen LogP) is 3.44. The molecule has 0 radical (unpaired) electrons. The van der Waals surface area contributed by atoms with Crippen LogP contribution in [0.25, 0.3) is 0 Å². The maximum Gasteiger partial charge on any atom is 0.405 e. The molecule has 4 amide bonds. The van der Waals surface area contributed by atoms with Crippen molar-refractivity contribution < 1.29 is 38.9 Å². The highest BCUT2D eigenvalue weighted by atomic mass is 16.5. The minimum atomic E-state index is -1.28. The Labute approximate surface area is 274 Å². The zero-order chi connectivity index (χ0) is 34.7. The van der Waals surface area contributed by atoms with E-state index in [9.17, 15) is 29.4 Å². The fourth-order valence-electron chi connectivity index (χ4n) is 6.55. The Morgan fingerprint density at radius 3 is 2.17 bits per heavy atom. The molecule has 1 aliphatic heterocycles. The Balaban J connectivity index is 2.21. The maximum atomic E-state index is 13.9. The lowest BCUT2D eigenvalue weighted by Gasteiger charge is -2.40. The predicted molar refractivity (Wildman–Crippen MR) is 175 cm³/mol. The van der Waals surface area contributed by atoms with Crippen molar-refractivity contribution in [1.29, 1.82) is 0 Å². The molecular formula is C34H56N4O8. The van der Waals surface area contributed by atoms with Gasteiger partial charge in [0.05, 0.1) is 48.8 Å². The van der Waals surface area contributed by atoms with Gasteiger partial charge in [0.15, 0.2) is 0 Å². The highest BCUT2D eigenvalue weighted by Crippen LogP contribution is 2.30. The third kappa shape index (κ3) is 9.89. The normalized spacial score (nSPS) is 20.2. The number of benzene rings is 1. The van der Waals surface area contributed by atoms with Crippen LogP contribution >= 0.6 is 0 Å². The van der Waals surface area contributed by atoms with Gasteiger partial charge in [0.1, 0.15) is 6.04 Å². The molecule has 1 saturated heterocycles. The fourth-order valence-corrected chi connectivity index (χ4v) is 6.55. The number of aliphatic hydroxyl groups is 1. The lowest BCUT2D eigenvalue weighted by atomic mass is 9.89. The standard InChI is InChI=1S/C34H56N4O8/c1-10-21(4)29(37(7)33(42)28(20(2)3)36-34(43)44)26(45-8)19-27(39)38-18-14-17-25(38)31(46-9)22(5)32(41)35-23(6)30(40)24-15-12-11-13-16-24/h11-13,15-16,20-23,25-26,28-31,36,40H,10,14,17-19H2,1-9H3,(H,35,41)(H,43,44)/t21-,22+,23+,25-,26-,28-,29-,30-,31+/m0/s1. The van der Waals surface area contributed by atoms with Crippen molar-refractivity contribution in [2.24, 2.45) is 17.8 Å². The Bertz CT molecular complexity index is 1140. The van der Waals surface area contributed by atoms with Crippen LogP contribution in [0.1, 0.15) is 78.9 Å². The van der Waals surface area contributed by atoms with Gasteiger partial charge >= 0.3 is 6.09 Å². The molecular weight excluding hydrogens is 592 g/mol. The number of aliphatic hydroxyl groups excluding tert-OH is 1. The van der Waals surface area contributed by atoms with Crippen LogP contribution in [0.15, 0.2) is 30.3 Å². The average molecular weight is 649 g/mol. The van der Waals surface area contributed by atoms with Crippen LogP contribution < -0.4 is 10.6 Å². The molecule has 9 atom stereocenters. The first-order valence-electron chi connectivity index (χ1n) is 16.3. The molecule has 1 aliphatic rings. The Morgan fingerprint density at radius 1 is 1.02 bits per heavy atom. The van der Waals surface area contributed by atoms with E-state index in [1.54, 1.807) is 51.8 Å². The number of rotatable bonds is 17. The number of hydrogen-bond donors (Lipinski definition) is 4. The van der Waals surface area contributed by atoms with Gasteiger partial charge in [-0.2, -0.15) is 0 Å². The number of carboxylic acid groups (broad SMARTS) is 1. The summed E-state index contributed by atoms with van der Waals surface area (Å²) in [5, 5.41) is 25.3. The SMILES string of the molecule is CC[C@H](C)[C@@H]([C@H](CC(=O)N1CCC[C@H]1[C@H](OC)[C@@H](C)C(=O)N[C@H](C)[C@H](O)c1ccccc1)OC)N(C)C(=O)[C@@H](NC(=O)O)C(C)C. The first-order valence-corrected chi connectivity index (χ1v) is 16.3. The number of methoxy groups -OCH3 is 2. The van der Waals surface area contributed by atoms with Gasteiger partial charge in [0.25, 0.3) is 0 Å². The summed E-state index contributed by atoms with van der Waals surface area (Å²) in [6, 6.07) is 6.79. The van der Waals surface area contributed by atoms with Crippen molar-refractivity contribution in [1.82, 2.24) is 20.4 Å². The van der Waals surface area contributed by atoms with Gasteiger partial charge in [0, 0.05) is 27.8 Å². The molecule has 1 heterocycles. The van der Waals surface area contributed by atoms with Crippen LogP contribution in [0.2, 0.25) is 0 Å². The van der Waals surface area contributed by atoms with Crippen molar-refractivity contribution in [3.63, 3.8) is 0 Å². The van der Waals surface area contributed by atoms with Crippen molar-refractivity contribution in [3.05, 3.63) is 35.9 Å². The van der Waals surface area contributed by atoms with E-state index in [1.807, 2.05) is 32.0 Å². The Morgan fingerprint density at radius 2 is 1.65 bits per heavy atom. The van der Waals surface area contributed by atoms with E-state index in [0.717, 1.165) is 6.42 Å². The number of carbonyl (C=O) groups excluding carboxylic acids is 3. The van der Waals surface area contributed by atoms with Gasteiger partial charge in [-0.15, -0.1) is 0 Å². The first-order chi connectivity index (χ1) is 21.7. The lowest BCUT2D eigenvalue weighted by molar-refractivity contribution is -0.147. The van der Waals surface area contributed by atoms with Crippen molar-refractivity contribution in [2.45, 2.75) is 110 Å². The zero-order valence-electron chi connectivity index (χ0n) is 28.9. The summed E-state index contributed by atoms with van der Waals surface area (Å²) in [7, 11) is 4.67. The van der Waals surface area contributed by atoms with E-state index in [0.29, 0.717) is 24.9 Å². The second-order valence-electron chi connectivity index (χ2n) is 12.9. The molecule has 46 heavy (non-hydrogen) atoms. The number of hydrogen-bond acceptors (Lipinski definition) is 7. The molecule has 0 aliphatic carbocycles. The zero-order valence-corrected chi connectivity index (χ0v) is 28.9. The molecule has 0 aromatic heterocycles. The molecule has 0 saturated carbocycles. The van der Waals surface area contributed by atoms with E-state index in [-0.39, 0.29) is 42.0 Å². The molecule has 12 heteroatoms. The third-order valence-corrected chi connectivity index (χ3v) is 9.45. The van der Waals surface area contributed by atoms with Crippen LogP contribution in [0, 0.1) is 17.8 Å². The molecule has 0 spiro atoms. The third-order valence-electron chi connectivity index (χ3n) is 9.45. The van der Waals surface area contributed by atoms with E-state index < -0.39 is 48.4 Å². The molecule has 1 aromatic rings. The topological polar surface area (TPSA) is 158 Å². The van der Waals surface area contributed by atoms with Gasteiger partial charge in [-0.05, 0) is 37.2 Å². The monoisotopic (exact) mass is 648 g/mol. The largest absolute Gasteiger partial charge is 0.465 e. The number of carbonyl (C=O) groups is 4. The molecule has 260 valence electrons. The summed E-state index contributed by atoms with van der Waals surface area (Å²) in [5.41, 5.74) is 0.701. The molecule has 2 rings (SSSR count). The number of likely N-dealkylation sites (tertiary alicyclic amines) is 1. The summed E-state index contributed by atoms with van der Waals surface area (Å²) in [4.78, 5) is 55.5. The van der Waals surface area contributed by atoms with Gasteiger partial charge < -0.3 is 40.1 Å². The summed E-state index contributed by atoms with van der Waals surface area (Å²) >= 11 is 0. The van der Waals surface area contributed by atoms with Crippen LogP contribution in [-0.2, 0) is 23.9 Å². The Kier molecular flexibility index (Phi) is 15.4. The van der Waals surface area contributed by atoms with Gasteiger partial charge in [-0.25, -0.2) is 4.79 Å². The van der Waals surface area contributed by atoms with E-state index in [1.165, 1.54) is 19.1 Å². The van der Waals surface area contributed by atoms with Crippen molar-refractivity contribution in [2.75, 3.05) is 27.8 Å². The van der Waals surface area contributed by atoms with Gasteiger partial charge in [-0.1, -0.05) is 71.4 Å². The van der Waals surface area contributed by atoms with Crippen LogP contribution in [-0.4, -0.2) is 108 Å². The summed E-state index contributed by atoms with van der Waals surface area (Å²) in [5.74, 6) is -1.79. The summed E-state index contributed by atoms with van der Waals surface area (Å²) in [6.07, 6.45) is -1.30. The van der Waals surface area contributed by atoms with Crippen molar-refractivity contribution in [3.8, 4) is 0 Å². The molecule has 0 bridgehead atoms. The number of likely N-dealkylation sites (N-methyl/N-ethyl adjacent to an activating group) is 1. The summed E-state index contributed by atoms with van der Waals surface area (Å²) < 4.78 is 11.7. The highest BCUT2D eigenvalue weighted by Gasteiger charge is 2.43. The van der Waals surface area contributed by atoms with Crippen LogP contribution in [0.5, 0.6) is 0 Å². The van der Waals surface area contributed by atoms with Crippen LogP contribution in [0.4, 0.5) is 4.79 Å². The minimum Gasteiger partial charge on any atom is -0.465 e. The fraction of sp³-hybridized carbons (Fsp3) is 0.706. The second-order valence-corrected chi connectivity index (χ2v) is 12.9. The van der Waals surface area contributed by atoms with E-state index in [2.05, 4.69) is 10.6 Å². The first kappa shape index (κ1) is 39.0. The molecule has 12 nitrogen and oxygen atoms in total. The quantitative estimate of drug-likeness (QED) is 0.200. The molecule has 4 N–H and O–H groups in total. The number of amides is 4. The second kappa shape index (κ2) is 18.2. The summed E-state index contributed by atoms with van der Waals surface area (Å²) in [6.45, 7) is 11.5. The Hall–Kier alpha value is -3.22. The minimum absolute atomic E-state index is 0.00432. The van der Waals surface area contributed by atoms with Crippen LogP contribution in [0.3, 0.4) is 0 Å². The number of nitrogens with zero attached hydrogens (tertiary/aromatic N) is 2. The molecule has 1 fully saturated rings. The van der Waals surface area contributed by atoms with Gasteiger partial charge in [-0.3, -0.25) is 14.4 Å². The van der Waals surface area contributed by atoms with Crippen molar-refractivity contribution >= 4 is 23.8 Å². The van der Waals surface area contributed by atoms with Gasteiger partial charge in [0.2, 0.25) is 17.7 Å². The number of nitrogens with one attached hydrogen (secondary N) is 2. The number of ether oxygens (including phenoxy) is 2. The maximum absolute atomic E-state index is 13.9. The lowest BCUT2D eigenvalue weighted by Crippen LogP contribution is -2.57. The molecule has 1 aromatic carbocycles. The smallest absolute Gasteiger partial charge is 0.405 e. The van der Waals surface area contributed by atoms with E-state index >= 15 is 0 Å². The van der Waals surface area contributed by atoms with E-state index in [4.69, 9.17) is 9.47 Å². The highest BCUT2D eigenvalue weighted by molar-refractivity contribution is 5.86. The molecule has 0 unspecified atom stereocenters. The average Bonchev–Trinajstić information content (AvgIpc) is 3.52.